The minimum atomic E-state index is 0.185. The molecule has 1 aromatic heterocycles. The fraction of sp³-hybridized carbons (Fsp3) is 0.429. The quantitative estimate of drug-likeness (QED) is 0.509. The van der Waals surface area contributed by atoms with Crippen molar-refractivity contribution in [3.63, 3.8) is 0 Å². The van der Waals surface area contributed by atoms with Crippen molar-refractivity contribution in [1.29, 1.82) is 0 Å². The van der Waals surface area contributed by atoms with Gasteiger partial charge in [-0.1, -0.05) is 48.5 Å². The molecule has 0 unspecified atom stereocenters. The number of amides is 1. The van der Waals surface area contributed by atoms with Crippen LogP contribution in [0.2, 0.25) is 0 Å². The van der Waals surface area contributed by atoms with Crippen LogP contribution in [-0.4, -0.2) is 89.9 Å². The molecule has 5 rings (SSSR count). The molecule has 184 valence electrons. The molecular weight excluding hydrogens is 454 g/mol. The van der Waals surface area contributed by atoms with Crippen LogP contribution in [0, 0.1) is 0 Å². The van der Waals surface area contributed by atoms with Crippen molar-refractivity contribution >= 4 is 17.2 Å². The number of aromatic nitrogens is 1. The van der Waals surface area contributed by atoms with Crippen LogP contribution in [0.1, 0.15) is 16.8 Å². The number of carbonyl (C=O) groups excluding carboxylic acids is 1. The van der Waals surface area contributed by atoms with Crippen LogP contribution in [0.15, 0.2) is 60.0 Å². The number of piperazine rings is 2. The highest BCUT2D eigenvalue weighted by Crippen LogP contribution is 2.26. The van der Waals surface area contributed by atoms with Gasteiger partial charge in [-0.2, -0.15) is 0 Å². The lowest BCUT2D eigenvalue weighted by molar-refractivity contribution is -0.132. The number of rotatable bonds is 7. The van der Waals surface area contributed by atoms with E-state index in [-0.39, 0.29) is 5.91 Å². The zero-order chi connectivity index (χ0) is 24.0. The van der Waals surface area contributed by atoms with E-state index >= 15 is 0 Å². The van der Waals surface area contributed by atoms with Gasteiger partial charge in [0.05, 0.1) is 12.1 Å². The van der Waals surface area contributed by atoms with Gasteiger partial charge in [0, 0.05) is 76.4 Å². The summed E-state index contributed by atoms with van der Waals surface area (Å²) in [7, 11) is 2.19. The second-order valence-electron chi connectivity index (χ2n) is 9.74. The maximum absolute atomic E-state index is 12.9. The predicted molar refractivity (Wildman–Crippen MR) is 142 cm³/mol. The fourth-order valence-electron chi connectivity index (χ4n) is 4.85. The SMILES string of the molecule is CN1CCN(Cc2cccc(-c3nc(CC(=O)N4CCN(Cc5ccccc5)CC4)cs3)c2)CC1. The molecule has 0 spiro atoms. The average molecular weight is 490 g/mol. The number of thiazole rings is 1. The van der Waals surface area contributed by atoms with Crippen molar-refractivity contribution < 1.29 is 4.79 Å². The molecule has 2 aromatic carbocycles. The van der Waals surface area contributed by atoms with Gasteiger partial charge in [-0.25, -0.2) is 4.98 Å². The summed E-state index contributed by atoms with van der Waals surface area (Å²) < 4.78 is 0. The van der Waals surface area contributed by atoms with Gasteiger partial charge in [-0.15, -0.1) is 11.3 Å². The second-order valence-corrected chi connectivity index (χ2v) is 10.6. The Labute approximate surface area is 212 Å². The maximum atomic E-state index is 12.9. The summed E-state index contributed by atoms with van der Waals surface area (Å²) in [5.74, 6) is 0.185. The molecule has 35 heavy (non-hydrogen) atoms. The van der Waals surface area contributed by atoms with Crippen LogP contribution >= 0.6 is 11.3 Å². The normalized spacial score (nSPS) is 18.1. The summed E-state index contributed by atoms with van der Waals surface area (Å²) in [6, 6.07) is 19.3. The molecule has 2 aliphatic rings. The lowest BCUT2D eigenvalue weighted by atomic mass is 10.1. The van der Waals surface area contributed by atoms with E-state index in [1.54, 1.807) is 11.3 Å². The van der Waals surface area contributed by atoms with E-state index < -0.39 is 0 Å². The number of benzene rings is 2. The number of likely N-dealkylation sites (N-methyl/N-ethyl adjacent to an activating group) is 1. The first kappa shape index (κ1) is 24.1. The molecule has 0 N–H and O–H groups in total. The molecule has 0 saturated carbocycles. The van der Waals surface area contributed by atoms with E-state index in [2.05, 4.69) is 76.3 Å². The highest BCUT2D eigenvalue weighted by atomic mass is 32.1. The van der Waals surface area contributed by atoms with Gasteiger partial charge < -0.3 is 9.80 Å². The van der Waals surface area contributed by atoms with Gasteiger partial charge >= 0.3 is 0 Å². The summed E-state index contributed by atoms with van der Waals surface area (Å²) in [5, 5.41) is 3.05. The average Bonchev–Trinajstić information content (AvgIpc) is 3.35. The summed E-state index contributed by atoms with van der Waals surface area (Å²) in [6.07, 6.45) is 0.385. The van der Waals surface area contributed by atoms with Crippen LogP contribution in [0.3, 0.4) is 0 Å². The highest BCUT2D eigenvalue weighted by Gasteiger charge is 2.22. The van der Waals surface area contributed by atoms with Crippen LogP contribution in [-0.2, 0) is 24.3 Å². The van der Waals surface area contributed by atoms with Gasteiger partial charge in [-0.05, 0) is 24.2 Å². The lowest BCUT2D eigenvalue weighted by Gasteiger charge is -2.34. The minimum Gasteiger partial charge on any atom is -0.340 e. The molecule has 0 aliphatic carbocycles. The Morgan fingerprint density at radius 1 is 0.829 bits per heavy atom. The Morgan fingerprint density at radius 3 is 2.23 bits per heavy atom. The van der Waals surface area contributed by atoms with Crippen LogP contribution in [0.25, 0.3) is 10.6 Å². The van der Waals surface area contributed by atoms with Gasteiger partial charge in [-0.3, -0.25) is 14.6 Å². The van der Waals surface area contributed by atoms with Crippen molar-refractivity contribution in [1.82, 2.24) is 24.6 Å². The van der Waals surface area contributed by atoms with Crippen molar-refractivity contribution in [3.8, 4) is 10.6 Å². The molecule has 2 aliphatic heterocycles. The second kappa shape index (κ2) is 11.4. The molecule has 6 nitrogen and oxygen atoms in total. The molecule has 1 amide bonds. The zero-order valence-electron chi connectivity index (χ0n) is 20.6. The van der Waals surface area contributed by atoms with Gasteiger partial charge in [0.1, 0.15) is 5.01 Å². The first-order chi connectivity index (χ1) is 17.1. The Hall–Kier alpha value is -2.58. The third kappa shape index (κ3) is 6.55. The van der Waals surface area contributed by atoms with E-state index in [1.165, 1.54) is 11.1 Å². The maximum Gasteiger partial charge on any atom is 0.228 e. The van der Waals surface area contributed by atoms with Crippen molar-refractivity contribution in [2.75, 3.05) is 59.4 Å². The van der Waals surface area contributed by atoms with Gasteiger partial charge in [0.25, 0.3) is 0 Å². The number of hydrogen-bond donors (Lipinski definition) is 0. The standard InChI is InChI=1S/C28H35N5OS/c1-30-10-12-31(13-11-30)21-24-8-5-9-25(18-24)28-29-26(22-35-28)19-27(34)33-16-14-32(15-17-33)20-23-6-3-2-4-7-23/h2-9,18,22H,10-17,19-21H2,1H3. The summed E-state index contributed by atoms with van der Waals surface area (Å²) in [5.41, 5.74) is 4.68. The Balaban J connectivity index is 1.13. The molecule has 3 heterocycles. The Bertz CT molecular complexity index is 1100. The van der Waals surface area contributed by atoms with E-state index in [4.69, 9.17) is 4.98 Å². The minimum absolute atomic E-state index is 0.185. The number of hydrogen-bond acceptors (Lipinski definition) is 6. The molecule has 3 aromatic rings. The summed E-state index contributed by atoms with van der Waals surface area (Å²) in [6.45, 7) is 9.84. The van der Waals surface area contributed by atoms with E-state index in [9.17, 15) is 4.79 Å². The first-order valence-corrected chi connectivity index (χ1v) is 13.5. The van der Waals surface area contributed by atoms with Gasteiger partial charge in [0.15, 0.2) is 0 Å². The predicted octanol–water partition coefficient (Wildman–Crippen LogP) is 3.44. The van der Waals surface area contributed by atoms with Crippen molar-refractivity contribution in [3.05, 3.63) is 76.8 Å². The monoisotopic (exact) mass is 489 g/mol. The number of nitrogens with zero attached hydrogens (tertiary/aromatic N) is 5. The van der Waals surface area contributed by atoms with E-state index in [0.717, 1.165) is 81.7 Å². The van der Waals surface area contributed by atoms with E-state index in [0.29, 0.717) is 6.42 Å². The fourth-order valence-corrected chi connectivity index (χ4v) is 5.67. The Kier molecular flexibility index (Phi) is 7.88. The van der Waals surface area contributed by atoms with Crippen LogP contribution in [0.4, 0.5) is 0 Å². The van der Waals surface area contributed by atoms with Crippen LogP contribution in [0.5, 0.6) is 0 Å². The molecule has 7 heteroatoms. The molecule has 0 bridgehead atoms. The van der Waals surface area contributed by atoms with Gasteiger partial charge in [0.2, 0.25) is 5.91 Å². The van der Waals surface area contributed by atoms with Crippen molar-refractivity contribution in [2.24, 2.45) is 0 Å². The lowest BCUT2D eigenvalue weighted by Crippen LogP contribution is -2.48. The molecule has 0 atom stereocenters. The summed E-state index contributed by atoms with van der Waals surface area (Å²) >= 11 is 1.64. The first-order valence-electron chi connectivity index (χ1n) is 12.6. The molecule has 2 saturated heterocycles. The molecule has 0 radical (unpaired) electrons. The third-order valence-electron chi connectivity index (χ3n) is 7.03. The van der Waals surface area contributed by atoms with Crippen molar-refractivity contribution in [2.45, 2.75) is 19.5 Å². The summed E-state index contributed by atoms with van der Waals surface area (Å²) in [4.78, 5) is 27.1. The Morgan fingerprint density at radius 2 is 1.49 bits per heavy atom. The molecular formula is C28H35N5OS. The number of carbonyl (C=O) groups is 1. The topological polar surface area (TPSA) is 42.9 Å². The van der Waals surface area contributed by atoms with Crippen LogP contribution < -0.4 is 0 Å². The molecule has 2 fully saturated rings. The zero-order valence-corrected chi connectivity index (χ0v) is 21.4. The smallest absolute Gasteiger partial charge is 0.228 e. The van der Waals surface area contributed by atoms with E-state index in [1.807, 2.05) is 10.3 Å². The highest BCUT2D eigenvalue weighted by molar-refractivity contribution is 7.13. The largest absolute Gasteiger partial charge is 0.340 e. The third-order valence-corrected chi connectivity index (χ3v) is 7.97.